The molecule has 0 spiro atoms. The van der Waals surface area contributed by atoms with E-state index in [0.717, 1.165) is 16.5 Å². The van der Waals surface area contributed by atoms with Crippen molar-refractivity contribution in [2.45, 2.75) is 40.3 Å². The molecule has 0 saturated heterocycles. The molecule has 4 rings (SSSR count). The molecule has 0 amide bonds. The van der Waals surface area contributed by atoms with E-state index in [1.165, 1.54) is 6.07 Å². The summed E-state index contributed by atoms with van der Waals surface area (Å²) in [6.07, 6.45) is 0.652. The summed E-state index contributed by atoms with van der Waals surface area (Å²) in [5, 5.41) is 12.3. The molecule has 2 N–H and O–H groups in total. The van der Waals surface area contributed by atoms with Crippen LogP contribution in [0.3, 0.4) is 0 Å². The number of rotatable bonds is 6. The number of hydrogen-bond acceptors (Lipinski definition) is 6. The predicted octanol–water partition coefficient (Wildman–Crippen LogP) is 3.63. The normalized spacial score (nSPS) is 11.6. The number of nitrogens with one attached hydrogen (secondary N) is 1. The van der Waals surface area contributed by atoms with Crippen LogP contribution in [0, 0.1) is 6.92 Å². The van der Waals surface area contributed by atoms with Crippen molar-refractivity contribution >= 4 is 21.9 Å². The standard InChI is InChI=1S/C24H25N3O4/c1-4-15-11-17-14(3)10-21(28)31-23(17)18(22(15)29)12-27(5-2)13-20-25-19-9-7-6-8-16(19)24(30)26-20/h6-11,29H,4-5,12-13H2,1-3H3,(H,25,26,30). The zero-order valence-corrected chi connectivity index (χ0v) is 17.9. The molecule has 0 bridgehead atoms. The monoisotopic (exact) mass is 419 g/mol. The van der Waals surface area contributed by atoms with E-state index in [1.807, 2.05) is 49.9 Å². The van der Waals surface area contributed by atoms with Crippen LogP contribution in [0.2, 0.25) is 0 Å². The summed E-state index contributed by atoms with van der Waals surface area (Å²) in [6.45, 7) is 7.19. The molecule has 0 atom stereocenters. The molecule has 7 heteroatoms. The number of aromatic amines is 1. The lowest BCUT2D eigenvalue weighted by Crippen LogP contribution is -2.25. The summed E-state index contributed by atoms with van der Waals surface area (Å²) in [7, 11) is 0. The molecule has 0 saturated carbocycles. The van der Waals surface area contributed by atoms with Crippen LogP contribution in [0.4, 0.5) is 0 Å². The van der Waals surface area contributed by atoms with Crippen LogP contribution in [0.1, 0.15) is 36.4 Å². The molecule has 0 aliphatic rings. The van der Waals surface area contributed by atoms with Crippen molar-refractivity contribution < 1.29 is 9.52 Å². The molecule has 7 nitrogen and oxygen atoms in total. The van der Waals surface area contributed by atoms with E-state index in [-0.39, 0.29) is 11.3 Å². The van der Waals surface area contributed by atoms with Gasteiger partial charge in [-0.1, -0.05) is 26.0 Å². The largest absolute Gasteiger partial charge is 0.507 e. The lowest BCUT2D eigenvalue weighted by molar-refractivity contribution is 0.260. The number of aromatic nitrogens is 2. The van der Waals surface area contributed by atoms with Gasteiger partial charge in [-0.2, -0.15) is 0 Å². The van der Waals surface area contributed by atoms with Gasteiger partial charge in [0.05, 0.1) is 23.0 Å². The molecule has 0 radical (unpaired) electrons. The quantitative estimate of drug-likeness (QED) is 0.463. The van der Waals surface area contributed by atoms with Gasteiger partial charge in [-0.05, 0) is 49.2 Å². The highest BCUT2D eigenvalue weighted by atomic mass is 16.4. The molecule has 2 heterocycles. The lowest BCUT2D eigenvalue weighted by Gasteiger charge is -2.22. The highest BCUT2D eigenvalue weighted by Gasteiger charge is 2.19. The Hall–Kier alpha value is -3.45. The highest BCUT2D eigenvalue weighted by molar-refractivity contribution is 5.86. The van der Waals surface area contributed by atoms with E-state index in [0.29, 0.717) is 53.9 Å². The van der Waals surface area contributed by atoms with E-state index in [9.17, 15) is 14.7 Å². The van der Waals surface area contributed by atoms with Crippen molar-refractivity contribution in [3.05, 3.63) is 79.7 Å². The van der Waals surface area contributed by atoms with Crippen molar-refractivity contribution in [1.29, 1.82) is 0 Å². The van der Waals surface area contributed by atoms with E-state index in [1.54, 1.807) is 6.07 Å². The number of phenolic OH excluding ortho intramolecular Hbond substituents is 1. The van der Waals surface area contributed by atoms with E-state index in [2.05, 4.69) is 9.97 Å². The topological polar surface area (TPSA) is 99.4 Å². The summed E-state index contributed by atoms with van der Waals surface area (Å²) >= 11 is 0. The smallest absolute Gasteiger partial charge is 0.336 e. The van der Waals surface area contributed by atoms with Gasteiger partial charge in [0, 0.05) is 18.0 Å². The molecule has 2 aromatic heterocycles. The number of para-hydroxylation sites is 1. The Morgan fingerprint density at radius 1 is 1.10 bits per heavy atom. The Balaban J connectivity index is 1.76. The second kappa shape index (κ2) is 8.35. The van der Waals surface area contributed by atoms with Crippen LogP contribution < -0.4 is 11.2 Å². The molecular weight excluding hydrogens is 394 g/mol. The third-order valence-electron chi connectivity index (χ3n) is 5.63. The summed E-state index contributed by atoms with van der Waals surface area (Å²) in [6, 6.07) is 10.6. The molecule has 160 valence electrons. The van der Waals surface area contributed by atoms with E-state index < -0.39 is 5.63 Å². The van der Waals surface area contributed by atoms with Crippen molar-refractivity contribution in [3.8, 4) is 5.75 Å². The SMILES string of the molecule is CCc1cc2c(C)cc(=O)oc2c(CN(CC)Cc2nc3ccccc3c(=O)[nH]2)c1O. The second-order valence-electron chi connectivity index (χ2n) is 7.67. The Labute approximate surface area is 179 Å². The van der Waals surface area contributed by atoms with Gasteiger partial charge in [-0.25, -0.2) is 9.78 Å². The molecule has 31 heavy (non-hydrogen) atoms. The van der Waals surface area contributed by atoms with Crippen molar-refractivity contribution in [2.75, 3.05) is 6.54 Å². The molecule has 2 aromatic carbocycles. The number of aromatic hydroxyl groups is 1. The summed E-state index contributed by atoms with van der Waals surface area (Å²) in [5.74, 6) is 0.681. The van der Waals surface area contributed by atoms with Gasteiger partial charge in [0.15, 0.2) is 0 Å². The fourth-order valence-electron chi connectivity index (χ4n) is 3.91. The highest BCUT2D eigenvalue weighted by Crippen LogP contribution is 2.33. The Kier molecular flexibility index (Phi) is 5.61. The maximum absolute atomic E-state index is 12.4. The minimum Gasteiger partial charge on any atom is -0.507 e. The number of phenols is 1. The second-order valence-corrected chi connectivity index (χ2v) is 7.67. The molecular formula is C24H25N3O4. The minimum atomic E-state index is -0.446. The molecule has 4 aromatic rings. The van der Waals surface area contributed by atoms with Gasteiger partial charge in [0.2, 0.25) is 0 Å². The number of H-pyrrole nitrogens is 1. The van der Waals surface area contributed by atoms with Gasteiger partial charge in [0.25, 0.3) is 5.56 Å². The fraction of sp³-hybridized carbons (Fsp3) is 0.292. The third kappa shape index (κ3) is 3.96. The fourth-order valence-corrected chi connectivity index (χ4v) is 3.91. The number of hydrogen-bond donors (Lipinski definition) is 2. The summed E-state index contributed by atoms with van der Waals surface area (Å²) in [4.78, 5) is 33.9. The first kappa shape index (κ1) is 20.8. The van der Waals surface area contributed by atoms with E-state index >= 15 is 0 Å². The molecule has 0 unspecified atom stereocenters. The minimum absolute atomic E-state index is 0.141. The Bertz CT molecular complexity index is 1390. The first-order valence-corrected chi connectivity index (χ1v) is 10.4. The molecule has 0 fully saturated rings. The van der Waals surface area contributed by atoms with Crippen LogP contribution >= 0.6 is 0 Å². The first-order chi connectivity index (χ1) is 14.9. The maximum Gasteiger partial charge on any atom is 0.336 e. The van der Waals surface area contributed by atoms with Crippen LogP contribution in [-0.4, -0.2) is 26.5 Å². The molecule has 0 aliphatic carbocycles. The van der Waals surface area contributed by atoms with Crippen molar-refractivity contribution in [1.82, 2.24) is 14.9 Å². The Morgan fingerprint density at radius 2 is 1.87 bits per heavy atom. The number of benzene rings is 2. The third-order valence-corrected chi connectivity index (χ3v) is 5.63. The number of aryl methyl sites for hydroxylation is 2. The van der Waals surface area contributed by atoms with Gasteiger partial charge in [0.1, 0.15) is 17.2 Å². The van der Waals surface area contributed by atoms with Crippen LogP contribution in [0.15, 0.2) is 50.4 Å². The zero-order valence-electron chi connectivity index (χ0n) is 17.9. The van der Waals surface area contributed by atoms with Gasteiger partial charge < -0.3 is 14.5 Å². The van der Waals surface area contributed by atoms with Gasteiger partial charge in [-0.15, -0.1) is 0 Å². The average Bonchev–Trinajstić information content (AvgIpc) is 2.75. The Morgan fingerprint density at radius 3 is 2.61 bits per heavy atom. The van der Waals surface area contributed by atoms with Crippen molar-refractivity contribution in [3.63, 3.8) is 0 Å². The van der Waals surface area contributed by atoms with Crippen LogP contribution in [0.25, 0.3) is 21.9 Å². The number of nitrogens with zero attached hydrogens (tertiary/aromatic N) is 2. The zero-order chi connectivity index (χ0) is 22.1. The predicted molar refractivity (Wildman–Crippen MR) is 120 cm³/mol. The maximum atomic E-state index is 12.4. The summed E-state index contributed by atoms with van der Waals surface area (Å²) < 4.78 is 5.51. The summed E-state index contributed by atoms with van der Waals surface area (Å²) in [5.41, 5.74) is 2.59. The first-order valence-electron chi connectivity index (χ1n) is 10.4. The van der Waals surface area contributed by atoms with Crippen molar-refractivity contribution in [2.24, 2.45) is 0 Å². The van der Waals surface area contributed by atoms with Gasteiger partial charge >= 0.3 is 5.63 Å². The van der Waals surface area contributed by atoms with Gasteiger partial charge in [-0.3, -0.25) is 9.69 Å². The molecule has 0 aliphatic heterocycles. The number of fused-ring (bicyclic) bond motifs is 2. The lowest BCUT2D eigenvalue weighted by atomic mass is 9.99. The average molecular weight is 419 g/mol. The van der Waals surface area contributed by atoms with Crippen LogP contribution in [-0.2, 0) is 19.5 Å². The van der Waals surface area contributed by atoms with Crippen LogP contribution in [0.5, 0.6) is 5.75 Å². The van der Waals surface area contributed by atoms with E-state index in [4.69, 9.17) is 4.42 Å².